The van der Waals surface area contributed by atoms with Crippen molar-refractivity contribution in [3.05, 3.63) is 0 Å². The van der Waals surface area contributed by atoms with Crippen LogP contribution in [-0.2, 0) is 33.2 Å². The standard InChI is InChI=1S/C17H28O7/c1-15(2,3)14(18)21-11-10(9-8-19-16(4,5)22-9)20-13-12(11)23-17(6,7)24-13/h9-13H,8H2,1-7H3/t9-,10-,11+,12-,13?/m1/s1. The van der Waals surface area contributed by atoms with Crippen molar-refractivity contribution in [2.75, 3.05) is 6.61 Å². The molecule has 138 valence electrons. The van der Waals surface area contributed by atoms with Crippen LogP contribution in [0, 0.1) is 5.41 Å². The summed E-state index contributed by atoms with van der Waals surface area (Å²) < 4.78 is 35.0. The van der Waals surface area contributed by atoms with Gasteiger partial charge in [0.25, 0.3) is 0 Å². The molecule has 3 rings (SSSR count). The third-order valence-corrected chi connectivity index (χ3v) is 4.28. The Labute approximate surface area is 142 Å². The van der Waals surface area contributed by atoms with Crippen LogP contribution in [0.4, 0.5) is 0 Å². The summed E-state index contributed by atoms with van der Waals surface area (Å²) in [6.45, 7) is 13.1. The van der Waals surface area contributed by atoms with Crippen LogP contribution in [0.2, 0.25) is 0 Å². The maximum atomic E-state index is 12.4. The number of fused-ring (bicyclic) bond motifs is 1. The lowest BCUT2D eigenvalue weighted by Crippen LogP contribution is -2.46. The van der Waals surface area contributed by atoms with E-state index in [2.05, 4.69) is 0 Å². The molecule has 0 aliphatic carbocycles. The molecule has 0 bridgehead atoms. The van der Waals surface area contributed by atoms with Crippen LogP contribution in [0.5, 0.6) is 0 Å². The van der Waals surface area contributed by atoms with E-state index < -0.39 is 41.6 Å². The lowest BCUT2D eigenvalue weighted by Gasteiger charge is -2.30. The monoisotopic (exact) mass is 344 g/mol. The fourth-order valence-corrected chi connectivity index (χ4v) is 3.12. The Morgan fingerprint density at radius 1 is 1.00 bits per heavy atom. The first-order valence-electron chi connectivity index (χ1n) is 8.42. The van der Waals surface area contributed by atoms with Gasteiger partial charge >= 0.3 is 5.97 Å². The van der Waals surface area contributed by atoms with Gasteiger partial charge in [0.05, 0.1) is 12.0 Å². The van der Waals surface area contributed by atoms with Crippen LogP contribution in [-0.4, -0.2) is 54.9 Å². The van der Waals surface area contributed by atoms with Gasteiger partial charge in [-0.25, -0.2) is 0 Å². The molecule has 7 nitrogen and oxygen atoms in total. The van der Waals surface area contributed by atoms with Crippen molar-refractivity contribution in [1.29, 1.82) is 0 Å². The molecular formula is C17H28O7. The van der Waals surface area contributed by atoms with E-state index in [0.717, 1.165) is 0 Å². The van der Waals surface area contributed by atoms with Crippen LogP contribution in [0.15, 0.2) is 0 Å². The van der Waals surface area contributed by atoms with Crippen molar-refractivity contribution < 1.29 is 33.2 Å². The van der Waals surface area contributed by atoms with Crippen LogP contribution in [0.3, 0.4) is 0 Å². The van der Waals surface area contributed by atoms with Crippen molar-refractivity contribution >= 4 is 5.97 Å². The summed E-state index contributed by atoms with van der Waals surface area (Å²) in [5.41, 5.74) is -0.621. The fourth-order valence-electron chi connectivity index (χ4n) is 3.12. The molecule has 24 heavy (non-hydrogen) atoms. The molecule has 3 aliphatic heterocycles. The number of rotatable bonds is 2. The Morgan fingerprint density at radius 2 is 1.67 bits per heavy atom. The van der Waals surface area contributed by atoms with Crippen molar-refractivity contribution in [2.45, 2.75) is 90.7 Å². The molecule has 3 heterocycles. The Kier molecular flexibility index (Phi) is 4.25. The molecule has 0 spiro atoms. The van der Waals surface area contributed by atoms with Crippen LogP contribution in [0.1, 0.15) is 48.5 Å². The first-order chi connectivity index (χ1) is 10.9. The molecule has 0 radical (unpaired) electrons. The molecule has 5 atom stereocenters. The van der Waals surface area contributed by atoms with Crippen molar-refractivity contribution in [3.63, 3.8) is 0 Å². The topological polar surface area (TPSA) is 72.5 Å². The number of ether oxygens (including phenoxy) is 6. The Morgan fingerprint density at radius 3 is 2.21 bits per heavy atom. The third kappa shape index (κ3) is 3.46. The van der Waals surface area contributed by atoms with E-state index in [1.54, 1.807) is 0 Å². The molecule has 7 heteroatoms. The largest absolute Gasteiger partial charge is 0.456 e. The SMILES string of the molecule is CC1(C)OC[C@H]([C@H]2OC3OC(C)(C)O[C@@H]3[C@H]2OC(=O)C(C)(C)C)O1. The predicted molar refractivity (Wildman–Crippen MR) is 82.9 cm³/mol. The van der Waals surface area contributed by atoms with Crippen molar-refractivity contribution in [3.8, 4) is 0 Å². The number of hydrogen-bond acceptors (Lipinski definition) is 7. The molecule has 0 aromatic heterocycles. The normalized spacial score (nSPS) is 40.5. The van der Waals surface area contributed by atoms with Gasteiger partial charge in [-0.1, -0.05) is 0 Å². The summed E-state index contributed by atoms with van der Waals surface area (Å²) in [6.07, 6.45) is -2.52. The van der Waals surface area contributed by atoms with Crippen molar-refractivity contribution in [1.82, 2.24) is 0 Å². The second-order valence-electron chi connectivity index (χ2n) is 8.56. The first-order valence-corrected chi connectivity index (χ1v) is 8.42. The maximum Gasteiger partial charge on any atom is 0.311 e. The molecule has 0 amide bonds. The zero-order valence-electron chi connectivity index (χ0n) is 15.5. The smallest absolute Gasteiger partial charge is 0.311 e. The zero-order chi connectivity index (χ0) is 17.9. The highest BCUT2D eigenvalue weighted by Gasteiger charge is 2.60. The van der Waals surface area contributed by atoms with E-state index >= 15 is 0 Å². The number of hydrogen-bond donors (Lipinski definition) is 0. The molecule has 0 N–H and O–H groups in total. The minimum Gasteiger partial charge on any atom is -0.456 e. The zero-order valence-corrected chi connectivity index (χ0v) is 15.5. The number of esters is 1. The summed E-state index contributed by atoms with van der Waals surface area (Å²) in [5, 5.41) is 0. The van der Waals surface area contributed by atoms with Gasteiger partial charge in [0.15, 0.2) is 30.1 Å². The molecule has 3 aliphatic rings. The van der Waals surface area contributed by atoms with E-state index in [9.17, 15) is 4.79 Å². The summed E-state index contributed by atoms with van der Waals surface area (Å²) in [4.78, 5) is 12.4. The average Bonchev–Trinajstić information content (AvgIpc) is 3.00. The molecule has 0 aromatic rings. The lowest BCUT2D eigenvalue weighted by atomic mass is 9.96. The predicted octanol–water partition coefficient (Wildman–Crippen LogP) is 1.97. The van der Waals surface area contributed by atoms with Gasteiger partial charge < -0.3 is 28.4 Å². The second-order valence-corrected chi connectivity index (χ2v) is 8.56. The molecule has 3 saturated heterocycles. The summed E-state index contributed by atoms with van der Waals surface area (Å²) in [5.74, 6) is -1.78. The highest BCUT2D eigenvalue weighted by molar-refractivity contribution is 5.75. The van der Waals surface area contributed by atoms with Crippen LogP contribution < -0.4 is 0 Å². The Balaban J connectivity index is 1.79. The Hall–Kier alpha value is -0.730. The molecule has 3 fully saturated rings. The highest BCUT2D eigenvalue weighted by atomic mass is 16.8. The minimum absolute atomic E-state index is 0.312. The molecule has 0 saturated carbocycles. The van der Waals surface area contributed by atoms with E-state index in [1.165, 1.54) is 0 Å². The molecular weight excluding hydrogens is 316 g/mol. The summed E-state index contributed by atoms with van der Waals surface area (Å²) >= 11 is 0. The van der Waals surface area contributed by atoms with Gasteiger partial charge in [0, 0.05) is 0 Å². The molecule has 0 aromatic carbocycles. The van der Waals surface area contributed by atoms with Gasteiger partial charge in [-0.05, 0) is 48.5 Å². The van der Waals surface area contributed by atoms with Crippen molar-refractivity contribution in [2.24, 2.45) is 5.41 Å². The molecule has 1 unspecified atom stereocenters. The lowest BCUT2D eigenvalue weighted by molar-refractivity contribution is -0.236. The van der Waals surface area contributed by atoms with E-state index in [4.69, 9.17) is 28.4 Å². The minimum atomic E-state index is -0.779. The van der Waals surface area contributed by atoms with Gasteiger partial charge in [-0.2, -0.15) is 0 Å². The van der Waals surface area contributed by atoms with E-state index in [1.807, 2.05) is 48.5 Å². The van der Waals surface area contributed by atoms with Crippen LogP contribution in [0.25, 0.3) is 0 Å². The Bertz CT molecular complexity index is 508. The summed E-state index contributed by atoms with van der Waals surface area (Å²) in [7, 11) is 0. The van der Waals surface area contributed by atoms with Gasteiger partial charge in [0.2, 0.25) is 0 Å². The fraction of sp³-hybridized carbons (Fsp3) is 0.941. The van der Waals surface area contributed by atoms with E-state index in [0.29, 0.717) is 6.61 Å². The quantitative estimate of drug-likeness (QED) is 0.709. The number of carbonyl (C=O) groups excluding carboxylic acids is 1. The van der Waals surface area contributed by atoms with Gasteiger partial charge in [-0.3, -0.25) is 4.79 Å². The summed E-state index contributed by atoms with van der Waals surface area (Å²) in [6, 6.07) is 0. The highest BCUT2D eigenvalue weighted by Crippen LogP contribution is 2.42. The first kappa shape index (κ1) is 18.1. The maximum absolute atomic E-state index is 12.4. The van der Waals surface area contributed by atoms with Gasteiger partial charge in [0.1, 0.15) is 12.2 Å². The number of carbonyl (C=O) groups is 1. The van der Waals surface area contributed by atoms with Gasteiger partial charge in [-0.15, -0.1) is 0 Å². The van der Waals surface area contributed by atoms with E-state index in [-0.39, 0.29) is 12.1 Å². The average molecular weight is 344 g/mol. The van der Waals surface area contributed by atoms with Crippen LogP contribution >= 0.6 is 0 Å². The third-order valence-electron chi connectivity index (χ3n) is 4.28. The second kappa shape index (κ2) is 5.64.